The number of rotatable bonds is 7. The normalized spacial score (nSPS) is 10.6. The SMILES string of the molecule is COc1c(C)cc(CCCCCCO)cc1C. The number of aryl methyl sites for hydroxylation is 3. The minimum absolute atomic E-state index is 0.320. The molecule has 0 saturated heterocycles. The third-order valence-electron chi connectivity index (χ3n) is 3.10. The van der Waals surface area contributed by atoms with Crippen molar-refractivity contribution in [2.45, 2.75) is 46.0 Å². The minimum atomic E-state index is 0.320. The molecule has 0 aliphatic heterocycles. The molecule has 0 aromatic heterocycles. The highest BCUT2D eigenvalue weighted by Gasteiger charge is 2.04. The second kappa shape index (κ2) is 7.33. The summed E-state index contributed by atoms with van der Waals surface area (Å²) in [5.74, 6) is 1.01. The lowest BCUT2D eigenvalue weighted by atomic mass is 10.0. The number of unbranched alkanes of at least 4 members (excludes halogenated alkanes) is 3. The number of aliphatic hydroxyl groups excluding tert-OH is 1. The van der Waals surface area contributed by atoms with Crippen LogP contribution in [-0.4, -0.2) is 18.8 Å². The van der Waals surface area contributed by atoms with Crippen molar-refractivity contribution in [3.05, 3.63) is 28.8 Å². The van der Waals surface area contributed by atoms with Gasteiger partial charge in [0.05, 0.1) is 7.11 Å². The molecule has 0 bridgehead atoms. The van der Waals surface area contributed by atoms with E-state index >= 15 is 0 Å². The van der Waals surface area contributed by atoms with E-state index in [1.165, 1.54) is 29.5 Å². The van der Waals surface area contributed by atoms with Gasteiger partial charge >= 0.3 is 0 Å². The summed E-state index contributed by atoms with van der Waals surface area (Å²) < 4.78 is 5.36. The van der Waals surface area contributed by atoms with Gasteiger partial charge in [0.2, 0.25) is 0 Å². The Morgan fingerprint density at radius 1 is 1.00 bits per heavy atom. The van der Waals surface area contributed by atoms with Gasteiger partial charge in [0.25, 0.3) is 0 Å². The van der Waals surface area contributed by atoms with E-state index in [4.69, 9.17) is 9.84 Å². The number of aliphatic hydroxyl groups is 1. The molecule has 0 unspecified atom stereocenters. The van der Waals surface area contributed by atoms with Crippen molar-refractivity contribution >= 4 is 0 Å². The Labute approximate surface area is 105 Å². The van der Waals surface area contributed by atoms with E-state index in [-0.39, 0.29) is 0 Å². The van der Waals surface area contributed by atoms with E-state index < -0.39 is 0 Å². The summed E-state index contributed by atoms with van der Waals surface area (Å²) in [5.41, 5.74) is 3.83. The molecule has 2 heteroatoms. The lowest BCUT2D eigenvalue weighted by molar-refractivity contribution is 0.282. The number of benzene rings is 1. The zero-order valence-corrected chi connectivity index (χ0v) is 11.3. The highest BCUT2D eigenvalue weighted by Crippen LogP contribution is 2.25. The molecular weight excluding hydrogens is 212 g/mol. The molecular formula is C15H24O2. The van der Waals surface area contributed by atoms with Crippen molar-refractivity contribution in [3.8, 4) is 5.75 Å². The van der Waals surface area contributed by atoms with Gasteiger partial charge in [-0.25, -0.2) is 0 Å². The van der Waals surface area contributed by atoms with Gasteiger partial charge in [0.1, 0.15) is 5.75 Å². The van der Waals surface area contributed by atoms with Crippen LogP contribution in [0.4, 0.5) is 0 Å². The first-order valence-electron chi connectivity index (χ1n) is 6.44. The van der Waals surface area contributed by atoms with Gasteiger partial charge in [0, 0.05) is 6.61 Å². The Hall–Kier alpha value is -1.02. The zero-order chi connectivity index (χ0) is 12.7. The quantitative estimate of drug-likeness (QED) is 0.735. The van der Waals surface area contributed by atoms with Crippen LogP contribution in [0.15, 0.2) is 12.1 Å². The molecule has 17 heavy (non-hydrogen) atoms. The van der Waals surface area contributed by atoms with Crippen LogP contribution in [-0.2, 0) is 6.42 Å². The van der Waals surface area contributed by atoms with Crippen LogP contribution in [0.2, 0.25) is 0 Å². The zero-order valence-electron chi connectivity index (χ0n) is 11.3. The van der Waals surface area contributed by atoms with E-state index in [0.717, 1.165) is 25.0 Å². The van der Waals surface area contributed by atoms with Gasteiger partial charge in [-0.3, -0.25) is 0 Å². The van der Waals surface area contributed by atoms with Crippen molar-refractivity contribution in [3.63, 3.8) is 0 Å². The minimum Gasteiger partial charge on any atom is -0.496 e. The fraction of sp³-hybridized carbons (Fsp3) is 0.600. The predicted octanol–water partition coefficient (Wildman–Crippen LogP) is 3.41. The fourth-order valence-electron chi connectivity index (χ4n) is 2.30. The number of ether oxygens (including phenoxy) is 1. The van der Waals surface area contributed by atoms with Crippen molar-refractivity contribution < 1.29 is 9.84 Å². The summed E-state index contributed by atoms with van der Waals surface area (Å²) in [6, 6.07) is 4.44. The largest absolute Gasteiger partial charge is 0.496 e. The van der Waals surface area contributed by atoms with Crippen molar-refractivity contribution in [2.75, 3.05) is 13.7 Å². The van der Waals surface area contributed by atoms with E-state index in [1.54, 1.807) is 7.11 Å². The fourth-order valence-corrected chi connectivity index (χ4v) is 2.30. The highest BCUT2D eigenvalue weighted by atomic mass is 16.5. The molecule has 2 nitrogen and oxygen atoms in total. The van der Waals surface area contributed by atoms with Crippen LogP contribution in [0, 0.1) is 13.8 Å². The first-order valence-corrected chi connectivity index (χ1v) is 6.44. The molecule has 0 aliphatic carbocycles. The maximum absolute atomic E-state index is 8.70. The summed E-state index contributed by atoms with van der Waals surface area (Å²) >= 11 is 0. The average molecular weight is 236 g/mol. The molecule has 0 aliphatic rings. The third kappa shape index (κ3) is 4.39. The topological polar surface area (TPSA) is 29.5 Å². The first kappa shape index (κ1) is 14.0. The third-order valence-corrected chi connectivity index (χ3v) is 3.10. The number of hydrogen-bond acceptors (Lipinski definition) is 2. The molecule has 0 saturated carbocycles. The standard InChI is InChI=1S/C15H24O2/c1-12-10-14(8-6-4-5-7-9-16)11-13(2)15(12)17-3/h10-11,16H,4-9H2,1-3H3. The molecule has 0 radical (unpaired) electrons. The molecule has 0 amide bonds. The van der Waals surface area contributed by atoms with E-state index in [9.17, 15) is 0 Å². The molecule has 1 aromatic carbocycles. The van der Waals surface area contributed by atoms with Gasteiger partial charge in [-0.15, -0.1) is 0 Å². The summed E-state index contributed by atoms with van der Waals surface area (Å²) in [5, 5.41) is 8.70. The lowest BCUT2D eigenvalue weighted by Crippen LogP contribution is -1.95. The highest BCUT2D eigenvalue weighted by molar-refractivity contribution is 5.43. The Balaban J connectivity index is 2.49. The molecule has 1 N–H and O–H groups in total. The Morgan fingerprint density at radius 3 is 2.12 bits per heavy atom. The predicted molar refractivity (Wildman–Crippen MR) is 71.7 cm³/mol. The Morgan fingerprint density at radius 2 is 1.59 bits per heavy atom. The average Bonchev–Trinajstić information content (AvgIpc) is 2.28. The van der Waals surface area contributed by atoms with Crippen molar-refractivity contribution in [1.82, 2.24) is 0 Å². The van der Waals surface area contributed by atoms with Crippen LogP contribution >= 0.6 is 0 Å². The van der Waals surface area contributed by atoms with Crippen LogP contribution in [0.3, 0.4) is 0 Å². The molecule has 1 aromatic rings. The molecule has 0 heterocycles. The van der Waals surface area contributed by atoms with Gasteiger partial charge < -0.3 is 9.84 Å². The molecule has 0 fully saturated rings. The summed E-state index contributed by atoms with van der Waals surface area (Å²) in [6.45, 7) is 4.52. The van der Waals surface area contributed by atoms with Crippen LogP contribution < -0.4 is 4.74 Å². The van der Waals surface area contributed by atoms with E-state index in [1.807, 2.05) is 0 Å². The summed E-state index contributed by atoms with van der Waals surface area (Å²) in [4.78, 5) is 0. The Bertz CT molecular complexity index is 322. The number of hydrogen-bond donors (Lipinski definition) is 1. The van der Waals surface area contributed by atoms with E-state index in [2.05, 4.69) is 26.0 Å². The molecule has 1 rings (SSSR count). The molecule has 0 atom stereocenters. The summed E-state index contributed by atoms with van der Waals surface area (Å²) in [6.07, 6.45) is 5.58. The first-order chi connectivity index (χ1) is 8.19. The number of methoxy groups -OCH3 is 1. The van der Waals surface area contributed by atoms with Crippen molar-refractivity contribution in [2.24, 2.45) is 0 Å². The van der Waals surface area contributed by atoms with Crippen LogP contribution in [0.25, 0.3) is 0 Å². The molecule has 96 valence electrons. The van der Waals surface area contributed by atoms with E-state index in [0.29, 0.717) is 6.61 Å². The van der Waals surface area contributed by atoms with Gasteiger partial charge in [-0.05, 0) is 49.8 Å². The smallest absolute Gasteiger partial charge is 0.124 e. The lowest BCUT2D eigenvalue weighted by Gasteiger charge is -2.11. The Kier molecular flexibility index (Phi) is 6.06. The maximum Gasteiger partial charge on any atom is 0.124 e. The van der Waals surface area contributed by atoms with Gasteiger partial charge in [-0.1, -0.05) is 25.0 Å². The van der Waals surface area contributed by atoms with Crippen LogP contribution in [0.1, 0.15) is 42.4 Å². The summed E-state index contributed by atoms with van der Waals surface area (Å²) in [7, 11) is 1.73. The second-order valence-corrected chi connectivity index (χ2v) is 4.65. The maximum atomic E-state index is 8.70. The van der Waals surface area contributed by atoms with Gasteiger partial charge in [-0.2, -0.15) is 0 Å². The van der Waals surface area contributed by atoms with Gasteiger partial charge in [0.15, 0.2) is 0 Å². The van der Waals surface area contributed by atoms with Crippen LogP contribution in [0.5, 0.6) is 5.75 Å². The monoisotopic (exact) mass is 236 g/mol. The molecule has 0 spiro atoms. The van der Waals surface area contributed by atoms with Crippen molar-refractivity contribution in [1.29, 1.82) is 0 Å². The second-order valence-electron chi connectivity index (χ2n) is 4.65.